The average molecular weight is 221 g/mol. The summed E-state index contributed by atoms with van der Waals surface area (Å²) in [4.78, 5) is 0. The summed E-state index contributed by atoms with van der Waals surface area (Å²) >= 11 is 0. The molecule has 2 fully saturated rings. The normalized spacial score (nSPS) is 25.7. The Labute approximate surface area is 96.0 Å². The second-order valence-electron chi connectivity index (χ2n) is 4.83. The first-order chi connectivity index (χ1) is 7.88. The monoisotopic (exact) mass is 221 g/mol. The molecule has 1 unspecified atom stereocenters. The lowest BCUT2D eigenvalue weighted by molar-refractivity contribution is 0.291. The number of nitrogens with zero attached hydrogens (tertiary/aromatic N) is 2. The fraction of sp³-hybridized carbons (Fsp3) is 0.750. The van der Waals surface area contributed by atoms with Gasteiger partial charge in [-0.05, 0) is 32.2 Å². The SMILES string of the molecule is COc1cc(C2CC2)nn1C1CCCNC1. The van der Waals surface area contributed by atoms with E-state index in [1.165, 1.54) is 31.4 Å². The molecule has 0 spiro atoms. The minimum atomic E-state index is 0.469. The number of ether oxygens (including phenoxy) is 1. The molecule has 1 atom stereocenters. The molecule has 1 aromatic rings. The first-order valence-corrected chi connectivity index (χ1v) is 6.22. The minimum absolute atomic E-state index is 0.469. The van der Waals surface area contributed by atoms with E-state index >= 15 is 0 Å². The predicted octanol–water partition coefficient (Wildman–Crippen LogP) is 1.69. The average Bonchev–Trinajstić information content (AvgIpc) is 3.10. The van der Waals surface area contributed by atoms with Crippen molar-refractivity contribution in [3.8, 4) is 5.88 Å². The van der Waals surface area contributed by atoms with Crippen LogP contribution in [-0.2, 0) is 0 Å². The second kappa shape index (κ2) is 4.09. The first kappa shape index (κ1) is 10.1. The smallest absolute Gasteiger partial charge is 0.212 e. The Kier molecular flexibility index (Phi) is 2.59. The van der Waals surface area contributed by atoms with Crippen LogP contribution in [0.5, 0.6) is 5.88 Å². The van der Waals surface area contributed by atoms with E-state index in [-0.39, 0.29) is 0 Å². The lowest BCUT2D eigenvalue weighted by Gasteiger charge is -2.24. The number of hydrogen-bond donors (Lipinski definition) is 1. The molecule has 0 amide bonds. The molecule has 16 heavy (non-hydrogen) atoms. The maximum Gasteiger partial charge on any atom is 0.212 e. The molecule has 0 radical (unpaired) electrons. The molecule has 2 heterocycles. The Morgan fingerprint density at radius 3 is 2.94 bits per heavy atom. The Morgan fingerprint density at radius 2 is 2.31 bits per heavy atom. The third-order valence-electron chi connectivity index (χ3n) is 3.54. The quantitative estimate of drug-likeness (QED) is 0.844. The molecule has 2 aliphatic rings. The molecule has 0 bridgehead atoms. The van der Waals surface area contributed by atoms with Crippen molar-refractivity contribution in [2.24, 2.45) is 0 Å². The van der Waals surface area contributed by atoms with Gasteiger partial charge in [0.15, 0.2) is 0 Å². The van der Waals surface area contributed by atoms with E-state index in [4.69, 9.17) is 9.84 Å². The Balaban J connectivity index is 1.85. The second-order valence-corrected chi connectivity index (χ2v) is 4.83. The lowest BCUT2D eigenvalue weighted by atomic mass is 10.1. The number of rotatable bonds is 3. The van der Waals surface area contributed by atoms with Gasteiger partial charge in [0.05, 0.1) is 18.8 Å². The van der Waals surface area contributed by atoms with Gasteiger partial charge in [0, 0.05) is 18.5 Å². The number of piperidine rings is 1. The van der Waals surface area contributed by atoms with E-state index in [0.717, 1.165) is 19.0 Å². The van der Waals surface area contributed by atoms with Gasteiger partial charge in [-0.1, -0.05) is 0 Å². The summed E-state index contributed by atoms with van der Waals surface area (Å²) in [6, 6.07) is 2.59. The summed E-state index contributed by atoms with van der Waals surface area (Å²) in [5, 5.41) is 8.14. The Morgan fingerprint density at radius 1 is 1.44 bits per heavy atom. The van der Waals surface area contributed by atoms with Crippen LogP contribution in [0.15, 0.2) is 6.07 Å². The highest BCUT2D eigenvalue weighted by Crippen LogP contribution is 2.41. The van der Waals surface area contributed by atoms with Gasteiger partial charge >= 0.3 is 0 Å². The van der Waals surface area contributed by atoms with Gasteiger partial charge < -0.3 is 10.1 Å². The topological polar surface area (TPSA) is 39.1 Å². The van der Waals surface area contributed by atoms with Crippen LogP contribution in [0.2, 0.25) is 0 Å². The minimum Gasteiger partial charge on any atom is -0.481 e. The van der Waals surface area contributed by atoms with Crippen LogP contribution < -0.4 is 10.1 Å². The third kappa shape index (κ3) is 1.82. The van der Waals surface area contributed by atoms with Gasteiger partial charge in [0.2, 0.25) is 5.88 Å². The predicted molar refractivity (Wildman–Crippen MR) is 61.9 cm³/mol. The van der Waals surface area contributed by atoms with Gasteiger partial charge in [-0.3, -0.25) is 0 Å². The molecule has 4 nitrogen and oxygen atoms in total. The van der Waals surface area contributed by atoms with E-state index in [9.17, 15) is 0 Å². The summed E-state index contributed by atoms with van der Waals surface area (Å²) in [6.07, 6.45) is 5.02. The fourth-order valence-electron chi connectivity index (χ4n) is 2.43. The van der Waals surface area contributed by atoms with E-state index in [1.54, 1.807) is 7.11 Å². The highest BCUT2D eigenvalue weighted by atomic mass is 16.5. The van der Waals surface area contributed by atoms with E-state index in [1.807, 2.05) is 0 Å². The summed E-state index contributed by atoms with van der Waals surface area (Å²) in [6.45, 7) is 2.15. The van der Waals surface area contributed by atoms with Crippen LogP contribution in [0.3, 0.4) is 0 Å². The summed E-state index contributed by atoms with van der Waals surface area (Å²) in [5.74, 6) is 1.63. The van der Waals surface area contributed by atoms with Crippen LogP contribution in [0.25, 0.3) is 0 Å². The first-order valence-electron chi connectivity index (χ1n) is 6.22. The van der Waals surface area contributed by atoms with Crippen LogP contribution in [0, 0.1) is 0 Å². The molecule has 4 heteroatoms. The fourth-order valence-corrected chi connectivity index (χ4v) is 2.43. The van der Waals surface area contributed by atoms with Crippen molar-refractivity contribution in [3.63, 3.8) is 0 Å². The van der Waals surface area contributed by atoms with Crippen LogP contribution in [0.1, 0.15) is 43.3 Å². The molecule has 1 aliphatic carbocycles. The zero-order valence-electron chi connectivity index (χ0n) is 9.78. The van der Waals surface area contributed by atoms with Crippen molar-refractivity contribution < 1.29 is 4.74 Å². The zero-order chi connectivity index (χ0) is 11.0. The largest absolute Gasteiger partial charge is 0.481 e. The molecule has 1 saturated carbocycles. The van der Waals surface area contributed by atoms with Crippen molar-refractivity contribution >= 4 is 0 Å². The Hall–Kier alpha value is -1.03. The Bertz CT molecular complexity index is 364. The zero-order valence-corrected chi connectivity index (χ0v) is 9.78. The third-order valence-corrected chi connectivity index (χ3v) is 3.54. The molecule has 0 aromatic carbocycles. The van der Waals surface area contributed by atoms with Crippen molar-refractivity contribution in [1.29, 1.82) is 0 Å². The molecule has 1 N–H and O–H groups in total. The van der Waals surface area contributed by atoms with Gasteiger partial charge in [-0.2, -0.15) is 5.10 Å². The van der Waals surface area contributed by atoms with Gasteiger partial charge in [-0.15, -0.1) is 0 Å². The van der Waals surface area contributed by atoms with Gasteiger partial charge in [0.25, 0.3) is 0 Å². The molecular weight excluding hydrogens is 202 g/mol. The van der Waals surface area contributed by atoms with E-state index in [2.05, 4.69) is 16.1 Å². The maximum atomic E-state index is 5.43. The highest BCUT2D eigenvalue weighted by molar-refractivity contribution is 5.23. The van der Waals surface area contributed by atoms with E-state index < -0.39 is 0 Å². The van der Waals surface area contributed by atoms with Crippen molar-refractivity contribution in [2.45, 2.75) is 37.6 Å². The number of hydrogen-bond acceptors (Lipinski definition) is 3. The number of methoxy groups -OCH3 is 1. The standard InChI is InChI=1S/C12H19N3O/c1-16-12-7-11(9-4-5-9)14-15(12)10-3-2-6-13-8-10/h7,9-10,13H,2-6,8H2,1H3. The molecule has 88 valence electrons. The van der Waals surface area contributed by atoms with Crippen LogP contribution in [0.4, 0.5) is 0 Å². The summed E-state index contributed by atoms with van der Waals surface area (Å²) < 4.78 is 7.51. The van der Waals surface area contributed by atoms with Crippen LogP contribution >= 0.6 is 0 Å². The van der Waals surface area contributed by atoms with E-state index in [0.29, 0.717) is 12.0 Å². The molecule has 1 aliphatic heterocycles. The number of nitrogens with one attached hydrogen (secondary N) is 1. The molecule has 3 rings (SSSR count). The maximum absolute atomic E-state index is 5.43. The molecule has 1 saturated heterocycles. The summed E-state index contributed by atoms with van der Waals surface area (Å²) in [5.41, 5.74) is 1.22. The summed E-state index contributed by atoms with van der Waals surface area (Å²) in [7, 11) is 1.74. The van der Waals surface area contributed by atoms with Gasteiger partial charge in [-0.25, -0.2) is 4.68 Å². The molecule has 1 aromatic heterocycles. The highest BCUT2D eigenvalue weighted by Gasteiger charge is 2.29. The van der Waals surface area contributed by atoms with Crippen molar-refractivity contribution in [1.82, 2.24) is 15.1 Å². The van der Waals surface area contributed by atoms with Crippen molar-refractivity contribution in [2.75, 3.05) is 20.2 Å². The van der Waals surface area contributed by atoms with Crippen LogP contribution in [-0.4, -0.2) is 30.0 Å². The van der Waals surface area contributed by atoms with Gasteiger partial charge in [0.1, 0.15) is 0 Å². The number of aromatic nitrogens is 2. The lowest BCUT2D eigenvalue weighted by Crippen LogP contribution is -2.32. The molecular formula is C12H19N3O. The van der Waals surface area contributed by atoms with Crippen molar-refractivity contribution in [3.05, 3.63) is 11.8 Å².